The van der Waals surface area contributed by atoms with Crippen molar-refractivity contribution >= 4 is 28.3 Å². The van der Waals surface area contributed by atoms with E-state index in [1.165, 1.54) is 11.5 Å². The fourth-order valence-corrected chi connectivity index (χ4v) is 2.84. The molecule has 0 spiro atoms. The quantitative estimate of drug-likeness (QED) is 0.931. The van der Waals surface area contributed by atoms with Crippen molar-refractivity contribution in [2.75, 3.05) is 16.8 Å². The average Bonchev–Trinajstić information content (AvgIpc) is 2.97. The third kappa shape index (κ3) is 2.58. The maximum absolute atomic E-state index is 12.0. The summed E-state index contributed by atoms with van der Waals surface area (Å²) in [5, 5.41) is 4.06. The van der Waals surface area contributed by atoms with Crippen molar-refractivity contribution in [2.45, 2.75) is 19.4 Å². The lowest BCUT2D eigenvalue weighted by Crippen LogP contribution is -2.27. The molecule has 2 aromatic rings. The smallest absolute Gasteiger partial charge is 0.229 e. The second-order valence-corrected chi connectivity index (χ2v) is 5.28. The highest BCUT2D eigenvalue weighted by Crippen LogP contribution is 2.23. The maximum Gasteiger partial charge on any atom is 0.229 e. The van der Waals surface area contributed by atoms with Crippen molar-refractivity contribution in [2.24, 2.45) is 0 Å². The normalized spacial score (nSPS) is 18.9. The molecule has 1 aromatic carbocycles. The van der Waals surface area contributed by atoms with E-state index >= 15 is 0 Å². The minimum atomic E-state index is 0.0973. The molecule has 1 saturated heterocycles. The highest BCUT2D eigenvalue weighted by atomic mass is 32.1. The summed E-state index contributed by atoms with van der Waals surface area (Å²) in [5.41, 5.74) is 0.949. The van der Waals surface area contributed by atoms with Gasteiger partial charge in [0, 0.05) is 30.2 Å². The molecule has 19 heavy (non-hydrogen) atoms. The Hall–Kier alpha value is -1.95. The molecule has 2 heterocycles. The average molecular weight is 274 g/mol. The summed E-state index contributed by atoms with van der Waals surface area (Å²) < 4.78 is 4.12. The Labute approximate surface area is 115 Å². The van der Waals surface area contributed by atoms with Gasteiger partial charge in [0.05, 0.1) is 6.04 Å². The third-order valence-corrected chi connectivity index (χ3v) is 3.79. The van der Waals surface area contributed by atoms with Crippen molar-refractivity contribution in [3.05, 3.63) is 36.2 Å². The number of rotatable bonds is 3. The first-order valence-electron chi connectivity index (χ1n) is 6.14. The molecule has 1 aliphatic heterocycles. The number of anilines is 2. The number of hydrogen-bond acceptors (Lipinski definition) is 5. The van der Waals surface area contributed by atoms with Crippen molar-refractivity contribution < 1.29 is 4.79 Å². The second-order valence-electron chi connectivity index (χ2n) is 4.53. The molecule has 98 valence electrons. The number of amides is 1. The lowest BCUT2D eigenvalue weighted by Gasteiger charge is -2.16. The first kappa shape index (κ1) is 12.1. The molecule has 5 nitrogen and oxygen atoms in total. The van der Waals surface area contributed by atoms with Crippen LogP contribution in [-0.2, 0) is 4.79 Å². The number of aromatic nitrogens is 2. The van der Waals surface area contributed by atoms with Crippen LogP contribution in [0.3, 0.4) is 0 Å². The van der Waals surface area contributed by atoms with Crippen LogP contribution in [0.25, 0.3) is 0 Å². The van der Waals surface area contributed by atoms with Gasteiger partial charge in [-0.1, -0.05) is 18.2 Å². The molecule has 0 aliphatic carbocycles. The zero-order valence-corrected chi connectivity index (χ0v) is 11.4. The molecule has 0 unspecified atom stereocenters. The van der Waals surface area contributed by atoms with E-state index in [-0.39, 0.29) is 11.9 Å². The van der Waals surface area contributed by atoms with Crippen LogP contribution in [0.4, 0.5) is 10.8 Å². The summed E-state index contributed by atoms with van der Waals surface area (Å²) in [6, 6.07) is 9.84. The van der Waals surface area contributed by atoms with E-state index in [2.05, 4.69) is 14.7 Å². The molecule has 1 amide bonds. The molecule has 0 bridgehead atoms. The van der Waals surface area contributed by atoms with Crippen molar-refractivity contribution in [1.82, 2.24) is 9.36 Å². The molecule has 1 N–H and O–H groups in total. The summed E-state index contributed by atoms with van der Waals surface area (Å²) >= 11 is 1.33. The SMILES string of the molecule is Cc1nsc(N[C@@H]2CC(=O)N(c3ccccc3)C2)n1. The van der Waals surface area contributed by atoms with Gasteiger partial charge in [-0.25, -0.2) is 4.98 Å². The third-order valence-electron chi connectivity index (χ3n) is 3.05. The first-order valence-corrected chi connectivity index (χ1v) is 6.92. The highest BCUT2D eigenvalue weighted by Gasteiger charge is 2.30. The minimum absolute atomic E-state index is 0.0973. The van der Waals surface area contributed by atoms with Gasteiger partial charge in [0.25, 0.3) is 0 Å². The van der Waals surface area contributed by atoms with Crippen LogP contribution in [0.1, 0.15) is 12.2 Å². The van der Waals surface area contributed by atoms with Crippen molar-refractivity contribution in [3.8, 4) is 0 Å². The second kappa shape index (κ2) is 4.97. The van der Waals surface area contributed by atoms with Crippen LogP contribution in [0.5, 0.6) is 0 Å². The fraction of sp³-hybridized carbons (Fsp3) is 0.308. The summed E-state index contributed by atoms with van der Waals surface area (Å²) in [5.74, 6) is 0.904. The van der Waals surface area contributed by atoms with Gasteiger partial charge in [-0.15, -0.1) is 0 Å². The van der Waals surface area contributed by atoms with Crippen LogP contribution in [0.2, 0.25) is 0 Å². The van der Waals surface area contributed by atoms with Gasteiger partial charge in [-0.2, -0.15) is 4.37 Å². The van der Waals surface area contributed by atoms with E-state index in [4.69, 9.17) is 0 Å². The molecule has 1 aromatic heterocycles. The molecule has 1 atom stereocenters. The predicted molar refractivity (Wildman–Crippen MR) is 75.5 cm³/mol. The number of nitrogens with zero attached hydrogens (tertiary/aromatic N) is 3. The fourth-order valence-electron chi connectivity index (χ4n) is 2.19. The molecule has 0 saturated carbocycles. The predicted octanol–water partition coefficient (Wildman–Crippen LogP) is 2.06. The molecular formula is C13H14N4OS. The molecule has 6 heteroatoms. The standard InChI is InChI=1S/C13H14N4OS/c1-9-14-13(19-16-9)15-10-7-12(18)17(8-10)11-5-3-2-4-6-11/h2-6,10H,7-8H2,1H3,(H,14,15,16)/t10-/m1/s1. The zero-order valence-electron chi connectivity index (χ0n) is 10.5. The van der Waals surface area contributed by atoms with Gasteiger partial charge in [-0.05, 0) is 19.1 Å². The van der Waals surface area contributed by atoms with E-state index < -0.39 is 0 Å². The number of aryl methyl sites for hydroxylation is 1. The Morgan fingerprint density at radius 1 is 1.37 bits per heavy atom. The summed E-state index contributed by atoms with van der Waals surface area (Å²) in [6.07, 6.45) is 0.494. The van der Waals surface area contributed by atoms with Crippen LogP contribution in [0.15, 0.2) is 30.3 Å². The van der Waals surface area contributed by atoms with Crippen molar-refractivity contribution in [3.63, 3.8) is 0 Å². The van der Waals surface area contributed by atoms with Gasteiger partial charge in [0.15, 0.2) is 0 Å². The van der Waals surface area contributed by atoms with Gasteiger partial charge in [0.1, 0.15) is 5.82 Å². The number of para-hydroxylation sites is 1. The monoisotopic (exact) mass is 274 g/mol. The minimum Gasteiger partial charge on any atom is -0.355 e. The number of hydrogen-bond donors (Lipinski definition) is 1. The van der Waals surface area contributed by atoms with Gasteiger partial charge in [0.2, 0.25) is 11.0 Å². The molecule has 3 rings (SSSR count). The lowest BCUT2D eigenvalue weighted by molar-refractivity contribution is -0.117. The van der Waals surface area contributed by atoms with Crippen LogP contribution in [-0.4, -0.2) is 27.9 Å². The van der Waals surface area contributed by atoms with E-state index in [9.17, 15) is 4.79 Å². The van der Waals surface area contributed by atoms with Gasteiger partial charge < -0.3 is 10.2 Å². The molecule has 1 fully saturated rings. The van der Waals surface area contributed by atoms with Crippen molar-refractivity contribution in [1.29, 1.82) is 0 Å². The lowest BCUT2D eigenvalue weighted by atomic mass is 10.3. The molecular weight excluding hydrogens is 260 g/mol. The Bertz CT molecular complexity index is 583. The van der Waals surface area contributed by atoms with E-state index in [0.717, 1.165) is 16.6 Å². The zero-order chi connectivity index (χ0) is 13.2. The number of carbonyl (C=O) groups is 1. The number of benzene rings is 1. The Kier molecular flexibility index (Phi) is 3.16. The Morgan fingerprint density at radius 2 is 2.16 bits per heavy atom. The van der Waals surface area contributed by atoms with Crippen LogP contribution >= 0.6 is 11.5 Å². The van der Waals surface area contributed by atoms with E-state index in [1.807, 2.05) is 42.2 Å². The van der Waals surface area contributed by atoms with Crippen LogP contribution < -0.4 is 10.2 Å². The summed E-state index contributed by atoms with van der Waals surface area (Å²) in [4.78, 5) is 18.1. The van der Waals surface area contributed by atoms with Crippen LogP contribution in [0, 0.1) is 6.92 Å². The Balaban J connectivity index is 1.70. The van der Waals surface area contributed by atoms with E-state index in [0.29, 0.717) is 13.0 Å². The molecule has 0 radical (unpaired) electrons. The number of carbonyl (C=O) groups excluding carboxylic acids is 1. The number of nitrogens with one attached hydrogen (secondary N) is 1. The maximum atomic E-state index is 12.0. The first-order chi connectivity index (χ1) is 9.22. The Morgan fingerprint density at radius 3 is 2.84 bits per heavy atom. The largest absolute Gasteiger partial charge is 0.355 e. The topological polar surface area (TPSA) is 58.1 Å². The summed E-state index contributed by atoms with van der Waals surface area (Å²) in [6.45, 7) is 2.53. The molecule has 1 aliphatic rings. The summed E-state index contributed by atoms with van der Waals surface area (Å²) in [7, 11) is 0. The van der Waals surface area contributed by atoms with Gasteiger partial charge >= 0.3 is 0 Å². The van der Waals surface area contributed by atoms with E-state index in [1.54, 1.807) is 0 Å². The highest BCUT2D eigenvalue weighted by molar-refractivity contribution is 7.09. The van der Waals surface area contributed by atoms with Gasteiger partial charge in [-0.3, -0.25) is 4.79 Å².